The van der Waals surface area contributed by atoms with Gasteiger partial charge in [-0.05, 0) is 12.8 Å². The van der Waals surface area contributed by atoms with Crippen molar-refractivity contribution in [2.75, 3.05) is 7.11 Å². The fraction of sp³-hybridized carbons (Fsp3) is 0.778. The Labute approximate surface area is 82.7 Å². The van der Waals surface area contributed by atoms with Crippen molar-refractivity contribution in [2.45, 2.75) is 38.2 Å². The Bertz CT molecular complexity index is 190. The second kappa shape index (κ2) is 7.32. The van der Waals surface area contributed by atoms with Crippen molar-refractivity contribution < 1.29 is 24.5 Å². The van der Waals surface area contributed by atoms with E-state index in [4.69, 9.17) is 10.2 Å². The van der Waals surface area contributed by atoms with E-state index in [1.54, 1.807) is 0 Å². The molecule has 0 spiro atoms. The van der Waals surface area contributed by atoms with Crippen LogP contribution < -0.4 is 0 Å². The van der Waals surface area contributed by atoms with Crippen molar-refractivity contribution in [3.8, 4) is 0 Å². The first-order valence-corrected chi connectivity index (χ1v) is 4.53. The van der Waals surface area contributed by atoms with Gasteiger partial charge in [0.05, 0.1) is 19.6 Å². The monoisotopic (exact) mass is 204 g/mol. The van der Waals surface area contributed by atoms with Gasteiger partial charge in [0.15, 0.2) is 0 Å². The first-order chi connectivity index (χ1) is 6.56. The topological polar surface area (TPSA) is 83.8 Å². The zero-order valence-electron chi connectivity index (χ0n) is 8.23. The molecule has 0 saturated carbocycles. The van der Waals surface area contributed by atoms with Gasteiger partial charge in [-0.25, -0.2) is 0 Å². The number of aliphatic carboxylic acids is 1. The van der Waals surface area contributed by atoms with Crippen LogP contribution >= 0.6 is 0 Å². The highest BCUT2D eigenvalue weighted by atomic mass is 16.5. The lowest BCUT2D eigenvalue weighted by molar-refractivity contribution is -0.141. The number of carbonyl (C=O) groups is 2. The number of hydrogen-bond donors (Lipinski definition) is 2. The number of hydrogen-bond acceptors (Lipinski definition) is 4. The summed E-state index contributed by atoms with van der Waals surface area (Å²) >= 11 is 0. The Hall–Kier alpha value is -1.10. The standard InChI is InChI=1S/C9H16O5/c1-14-9(13)5-3-2-4-7(10)6-8(11)12/h7,10H,2-6H2,1H3,(H,11,12)/t7-/m1/s1. The molecule has 0 aliphatic heterocycles. The van der Waals surface area contributed by atoms with Crippen molar-refractivity contribution in [3.05, 3.63) is 0 Å². The predicted octanol–water partition coefficient (Wildman–Crippen LogP) is 0.555. The number of aliphatic hydroxyl groups excluding tert-OH is 1. The van der Waals surface area contributed by atoms with Gasteiger partial charge in [0.2, 0.25) is 0 Å². The maximum atomic E-state index is 10.7. The molecule has 0 aromatic carbocycles. The third kappa shape index (κ3) is 7.54. The highest BCUT2D eigenvalue weighted by molar-refractivity contribution is 5.69. The summed E-state index contributed by atoms with van der Waals surface area (Å²) in [5.41, 5.74) is 0. The van der Waals surface area contributed by atoms with Crippen LogP contribution in [0.3, 0.4) is 0 Å². The number of unbranched alkanes of at least 4 members (excludes halogenated alkanes) is 1. The van der Waals surface area contributed by atoms with E-state index in [1.165, 1.54) is 7.11 Å². The molecule has 0 aromatic heterocycles. The molecule has 82 valence electrons. The lowest BCUT2D eigenvalue weighted by Crippen LogP contribution is -2.12. The smallest absolute Gasteiger partial charge is 0.305 e. The van der Waals surface area contributed by atoms with E-state index in [0.29, 0.717) is 25.7 Å². The van der Waals surface area contributed by atoms with Gasteiger partial charge >= 0.3 is 11.9 Å². The van der Waals surface area contributed by atoms with Crippen LogP contribution in [-0.4, -0.2) is 35.4 Å². The number of aliphatic hydroxyl groups is 1. The summed E-state index contributed by atoms with van der Waals surface area (Å²) in [6.45, 7) is 0. The summed E-state index contributed by atoms with van der Waals surface area (Å²) < 4.78 is 4.43. The molecule has 0 aliphatic rings. The first-order valence-electron chi connectivity index (χ1n) is 4.53. The third-order valence-corrected chi connectivity index (χ3v) is 1.81. The van der Waals surface area contributed by atoms with Crippen LogP contribution in [0, 0.1) is 0 Å². The highest BCUT2D eigenvalue weighted by Crippen LogP contribution is 2.06. The fourth-order valence-corrected chi connectivity index (χ4v) is 1.05. The number of ether oxygens (including phenoxy) is 1. The predicted molar refractivity (Wildman–Crippen MR) is 48.7 cm³/mol. The van der Waals surface area contributed by atoms with Crippen LogP contribution in [-0.2, 0) is 14.3 Å². The Morgan fingerprint density at radius 2 is 2.00 bits per heavy atom. The summed E-state index contributed by atoms with van der Waals surface area (Å²) in [4.78, 5) is 20.8. The van der Waals surface area contributed by atoms with Gasteiger partial charge in [-0.2, -0.15) is 0 Å². The van der Waals surface area contributed by atoms with Gasteiger partial charge in [-0.15, -0.1) is 0 Å². The summed E-state index contributed by atoms with van der Waals surface area (Å²) in [7, 11) is 1.32. The number of carboxylic acids is 1. The van der Waals surface area contributed by atoms with E-state index in [9.17, 15) is 9.59 Å². The molecule has 0 fully saturated rings. The van der Waals surface area contributed by atoms with E-state index in [0.717, 1.165) is 0 Å². The molecule has 0 aromatic rings. The molecule has 0 bridgehead atoms. The number of esters is 1. The number of carboxylic acid groups (broad SMARTS) is 1. The number of carbonyl (C=O) groups excluding carboxylic acids is 1. The van der Waals surface area contributed by atoms with Gasteiger partial charge in [-0.3, -0.25) is 9.59 Å². The molecule has 0 heterocycles. The van der Waals surface area contributed by atoms with Crippen molar-refractivity contribution in [1.82, 2.24) is 0 Å². The molecule has 5 nitrogen and oxygen atoms in total. The summed E-state index contributed by atoms with van der Waals surface area (Å²) in [5.74, 6) is -1.29. The minimum atomic E-state index is -1.01. The van der Waals surface area contributed by atoms with Crippen LogP contribution in [0.15, 0.2) is 0 Å². The van der Waals surface area contributed by atoms with Crippen LogP contribution in [0.1, 0.15) is 32.1 Å². The molecular formula is C9H16O5. The highest BCUT2D eigenvalue weighted by Gasteiger charge is 2.09. The summed E-state index contributed by atoms with van der Waals surface area (Å²) in [6, 6.07) is 0. The van der Waals surface area contributed by atoms with Crippen LogP contribution in [0.25, 0.3) is 0 Å². The van der Waals surface area contributed by atoms with Crippen molar-refractivity contribution in [3.63, 3.8) is 0 Å². The third-order valence-electron chi connectivity index (χ3n) is 1.81. The molecule has 0 aliphatic carbocycles. The maximum absolute atomic E-state index is 10.7. The largest absolute Gasteiger partial charge is 0.481 e. The normalized spacial score (nSPS) is 12.1. The van der Waals surface area contributed by atoms with Gasteiger partial charge in [0.1, 0.15) is 0 Å². The molecule has 0 unspecified atom stereocenters. The maximum Gasteiger partial charge on any atom is 0.305 e. The van der Waals surface area contributed by atoms with E-state index in [1.807, 2.05) is 0 Å². The van der Waals surface area contributed by atoms with E-state index in [-0.39, 0.29) is 12.4 Å². The number of rotatable bonds is 7. The quantitative estimate of drug-likeness (QED) is 0.467. The molecule has 0 rings (SSSR count). The average molecular weight is 204 g/mol. The second-order valence-corrected chi connectivity index (χ2v) is 3.07. The molecular weight excluding hydrogens is 188 g/mol. The fourth-order valence-electron chi connectivity index (χ4n) is 1.05. The minimum Gasteiger partial charge on any atom is -0.481 e. The molecule has 0 radical (unpaired) electrons. The van der Waals surface area contributed by atoms with E-state index in [2.05, 4.69) is 4.74 Å². The zero-order chi connectivity index (χ0) is 11.0. The van der Waals surface area contributed by atoms with Crippen LogP contribution in [0.4, 0.5) is 0 Å². The lowest BCUT2D eigenvalue weighted by Gasteiger charge is -2.06. The Morgan fingerprint density at radius 3 is 2.50 bits per heavy atom. The molecule has 0 saturated heterocycles. The zero-order valence-corrected chi connectivity index (χ0v) is 8.23. The van der Waals surface area contributed by atoms with Gasteiger partial charge in [-0.1, -0.05) is 6.42 Å². The Morgan fingerprint density at radius 1 is 1.36 bits per heavy atom. The van der Waals surface area contributed by atoms with Gasteiger partial charge in [0.25, 0.3) is 0 Å². The summed E-state index contributed by atoms with van der Waals surface area (Å²) in [5, 5.41) is 17.5. The number of methoxy groups -OCH3 is 1. The minimum absolute atomic E-state index is 0.238. The average Bonchev–Trinajstić information content (AvgIpc) is 2.10. The molecule has 2 N–H and O–H groups in total. The lowest BCUT2D eigenvalue weighted by atomic mass is 10.1. The van der Waals surface area contributed by atoms with Crippen molar-refractivity contribution in [2.24, 2.45) is 0 Å². The Balaban J connectivity index is 3.35. The summed E-state index contributed by atoms with van der Waals surface area (Å²) in [6.07, 6.45) is 0.912. The van der Waals surface area contributed by atoms with Crippen molar-refractivity contribution >= 4 is 11.9 Å². The van der Waals surface area contributed by atoms with Crippen LogP contribution in [0.2, 0.25) is 0 Å². The van der Waals surface area contributed by atoms with Crippen molar-refractivity contribution in [1.29, 1.82) is 0 Å². The SMILES string of the molecule is COC(=O)CCCC[C@@H](O)CC(=O)O. The molecule has 0 amide bonds. The van der Waals surface area contributed by atoms with E-state index >= 15 is 0 Å². The van der Waals surface area contributed by atoms with Gasteiger partial charge < -0.3 is 14.9 Å². The molecule has 14 heavy (non-hydrogen) atoms. The second-order valence-electron chi connectivity index (χ2n) is 3.07. The molecule has 5 heteroatoms. The van der Waals surface area contributed by atoms with Crippen LogP contribution in [0.5, 0.6) is 0 Å². The Kier molecular flexibility index (Phi) is 6.74. The van der Waals surface area contributed by atoms with Gasteiger partial charge in [0, 0.05) is 6.42 Å². The van der Waals surface area contributed by atoms with E-state index < -0.39 is 12.1 Å². The first kappa shape index (κ1) is 12.9. The molecule has 1 atom stereocenters.